The molecule has 0 saturated heterocycles. The molecule has 0 rings (SSSR count). The van der Waals surface area contributed by atoms with Gasteiger partial charge < -0.3 is 5.11 Å². The third-order valence-corrected chi connectivity index (χ3v) is 1.19. The molecule has 0 aliphatic rings. The molecule has 0 heterocycles. The first-order chi connectivity index (χ1) is 6.60. The molecule has 1 N–H and O–H groups in total. The number of hydrogen-bond donors (Lipinski definition) is 1. The van der Waals surface area contributed by atoms with Gasteiger partial charge in [-0.2, -0.15) is 26.3 Å². The average molecular weight is 234 g/mol. The Morgan fingerprint density at radius 2 is 1.40 bits per heavy atom. The summed E-state index contributed by atoms with van der Waals surface area (Å²) in [5.74, 6) is 0. The maximum absolute atomic E-state index is 11.5. The number of halogens is 6. The van der Waals surface area contributed by atoms with Gasteiger partial charge in [0.25, 0.3) is 0 Å². The molecule has 0 aromatic carbocycles. The van der Waals surface area contributed by atoms with Crippen molar-refractivity contribution in [3.63, 3.8) is 0 Å². The molecule has 0 aromatic heterocycles. The third kappa shape index (κ3) is 10.9. The van der Waals surface area contributed by atoms with E-state index in [-0.39, 0.29) is 12.2 Å². The van der Waals surface area contributed by atoms with Crippen molar-refractivity contribution in [1.82, 2.24) is 0 Å². The van der Waals surface area contributed by atoms with E-state index in [2.05, 4.69) is 0 Å². The van der Waals surface area contributed by atoms with Gasteiger partial charge in [-0.15, -0.1) is 0 Å². The van der Waals surface area contributed by atoms with Gasteiger partial charge in [-0.05, 0) is 6.42 Å². The van der Waals surface area contributed by atoms with Crippen LogP contribution in [-0.2, 0) is 0 Å². The SMILES string of the molecule is OC(C=CC(F)(F)F)CC=CC(F)(F)F. The van der Waals surface area contributed by atoms with Gasteiger partial charge in [0.05, 0.1) is 6.10 Å². The Morgan fingerprint density at radius 1 is 0.933 bits per heavy atom. The van der Waals surface area contributed by atoms with E-state index in [0.717, 1.165) is 0 Å². The maximum atomic E-state index is 11.5. The molecule has 1 nitrogen and oxygen atoms in total. The lowest BCUT2D eigenvalue weighted by Crippen LogP contribution is -2.07. The van der Waals surface area contributed by atoms with Gasteiger partial charge in [0.15, 0.2) is 0 Å². The van der Waals surface area contributed by atoms with Crippen molar-refractivity contribution in [2.24, 2.45) is 0 Å². The predicted octanol–water partition coefficient (Wildman–Crippen LogP) is 2.97. The van der Waals surface area contributed by atoms with E-state index < -0.39 is 24.9 Å². The highest BCUT2D eigenvalue weighted by molar-refractivity contribution is 4.98. The summed E-state index contributed by atoms with van der Waals surface area (Å²) in [7, 11) is 0. The van der Waals surface area contributed by atoms with Crippen molar-refractivity contribution in [3.05, 3.63) is 24.3 Å². The van der Waals surface area contributed by atoms with Gasteiger partial charge in [-0.1, -0.05) is 12.2 Å². The molecule has 1 atom stereocenters. The maximum Gasteiger partial charge on any atom is 0.409 e. The van der Waals surface area contributed by atoms with Gasteiger partial charge in [0, 0.05) is 12.2 Å². The van der Waals surface area contributed by atoms with Gasteiger partial charge in [-0.25, -0.2) is 0 Å². The van der Waals surface area contributed by atoms with E-state index in [0.29, 0.717) is 12.2 Å². The highest BCUT2D eigenvalue weighted by atomic mass is 19.4. The van der Waals surface area contributed by atoms with Crippen LogP contribution >= 0.6 is 0 Å². The molecular weight excluding hydrogens is 226 g/mol. The second kappa shape index (κ2) is 5.20. The molecule has 0 radical (unpaired) electrons. The minimum atomic E-state index is -4.57. The molecule has 1 unspecified atom stereocenters. The van der Waals surface area contributed by atoms with Gasteiger partial charge in [-0.3, -0.25) is 0 Å². The van der Waals surface area contributed by atoms with Crippen LogP contribution in [0.1, 0.15) is 6.42 Å². The Bertz CT molecular complexity index is 236. The number of alkyl halides is 6. The smallest absolute Gasteiger partial charge is 0.389 e. The first-order valence-corrected chi connectivity index (χ1v) is 3.79. The summed E-state index contributed by atoms with van der Waals surface area (Å²) in [6.07, 6.45) is -10.6. The van der Waals surface area contributed by atoms with E-state index in [9.17, 15) is 26.3 Å². The fourth-order valence-corrected chi connectivity index (χ4v) is 0.640. The van der Waals surface area contributed by atoms with Crippen molar-refractivity contribution >= 4 is 0 Å². The lowest BCUT2D eigenvalue weighted by atomic mass is 10.2. The lowest BCUT2D eigenvalue weighted by Gasteiger charge is -2.03. The van der Waals surface area contributed by atoms with Crippen molar-refractivity contribution in [2.45, 2.75) is 24.9 Å². The van der Waals surface area contributed by atoms with Crippen molar-refractivity contribution in [2.75, 3.05) is 0 Å². The summed E-state index contributed by atoms with van der Waals surface area (Å²) in [5, 5.41) is 8.80. The molecule has 88 valence electrons. The van der Waals surface area contributed by atoms with Crippen molar-refractivity contribution < 1.29 is 31.4 Å². The van der Waals surface area contributed by atoms with Crippen molar-refractivity contribution in [1.29, 1.82) is 0 Å². The molecule has 0 aliphatic carbocycles. The van der Waals surface area contributed by atoms with Crippen LogP contribution in [-0.4, -0.2) is 23.6 Å². The van der Waals surface area contributed by atoms with Gasteiger partial charge in [0.2, 0.25) is 0 Å². The highest BCUT2D eigenvalue weighted by Crippen LogP contribution is 2.18. The van der Waals surface area contributed by atoms with Crippen LogP contribution in [0.15, 0.2) is 24.3 Å². The molecular formula is C8H8F6O. The Labute approximate surface area is 81.7 Å². The molecule has 0 spiro atoms. The summed E-state index contributed by atoms with van der Waals surface area (Å²) in [4.78, 5) is 0. The lowest BCUT2D eigenvalue weighted by molar-refractivity contribution is -0.0817. The topological polar surface area (TPSA) is 20.2 Å². The molecule has 0 aromatic rings. The zero-order valence-electron chi connectivity index (χ0n) is 7.31. The van der Waals surface area contributed by atoms with Gasteiger partial charge >= 0.3 is 12.4 Å². The fourth-order valence-electron chi connectivity index (χ4n) is 0.640. The Hall–Kier alpha value is -0.980. The summed E-state index contributed by atoms with van der Waals surface area (Å²) in [5.41, 5.74) is 0. The first kappa shape index (κ1) is 14.0. The third-order valence-electron chi connectivity index (χ3n) is 1.19. The summed E-state index contributed by atoms with van der Waals surface area (Å²) < 4.78 is 69.1. The molecule has 0 bridgehead atoms. The molecule has 15 heavy (non-hydrogen) atoms. The molecule has 0 fully saturated rings. The standard InChI is InChI=1S/C8H8F6O/c9-7(10,11)4-1-2-6(15)3-5-8(12,13)14/h1,3-6,15H,2H2. The van der Waals surface area contributed by atoms with E-state index in [4.69, 9.17) is 5.11 Å². The molecule has 0 amide bonds. The average Bonchev–Trinajstić information content (AvgIpc) is 1.97. The Balaban J connectivity index is 4.01. The number of aliphatic hydroxyl groups is 1. The second-order valence-corrected chi connectivity index (χ2v) is 2.65. The molecule has 7 heteroatoms. The number of allylic oxidation sites excluding steroid dienone is 2. The van der Waals surface area contributed by atoms with E-state index >= 15 is 0 Å². The zero-order chi connectivity index (χ0) is 12.1. The number of hydrogen-bond acceptors (Lipinski definition) is 1. The van der Waals surface area contributed by atoms with E-state index in [1.165, 1.54) is 0 Å². The first-order valence-electron chi connectivity index (χ1n) is 3.79. The van der Waals surface area contributed by atoms with Crippen molar-refractivity contribution in [3.8, 4) is 0 Å². The Morgan fingerprint density at radius 3 is 1.80 bits per heavy atom. The van der Waals surface area contributed by atoms with Crippen LogP contribution in [0, 0.1) is 0 Å². The normalized spacial score (nSPS) is 16.5. The largest absolute Gasteiger partial charge is 0.409 e. The zero-order valence-corrected chi connectivity index (χ0v) is 7.31. The van der Waals surface area contributed by atoms with Gasteiger partial charge in [0.1, 0.15) is 0 Å². The van der Waals surface area contributed by atoms with Crippen LogP contribution in [0.25, 0.3) is 0 Å². The predicted molar refractivity (Wildman–Crippen MR) is 41.0 cm³/mol. The van der Waals surface area contributed by atoms with Crippen LogP contribution in [0.5, 0.6) is 0 Å². The van der Waals surface area contributed by atoms with Crippen LogP contribution in [0.4, 0.5) is 26.3 Å². The van der Waals surface area contributed by atoms with Crippen LogP contribution in [0.2, 0.25) is 0 Å². The number of rotatable bonds is 3. The molecule has 0 aliphatic heterocycles. The van der Waals surface area contributed by atoms with E-state index in [1.807, 2.05) is 0 Å². The quantitative estimate of drug-likeness (QED) is 0.588. The van der Waals surface area contributed by atoms with Crippen LogP contribution < -0.4 is 0 Å². The minimum absolute atomic E-state index is 0.141. The highest BCUT2D eigenvalue weighted by Gasteiger charge is 2.23. The van der Waals surface area contributed by atoms with Crippen LogP contribution in [0.3, 0.4) is 0 Å². The second-order valence-electron chi connectivity index (χ2n) is 2.65. The molecule has 0 saturated carbocycles. The minimum Gasteiger partial charge on any atom is -0.389 e. The number of aliphatic hydroxyl groups excluding tert-OH is 1. The summed E-state index contributed by atoms with van der Waals surface area (Å²) in [6, 6.07) is 0. The fraction of sp³-hybridized carbons (Fsp3) is 0.500. The summed E-state index contributed by atoms with van der Waals surface area (Å²) >= 11 is 0. The Kier molecular flexibility index (Phi) is 4.86. The van der Waals surface area contributed by atoms with E-state index in [1.54, 1.807) is 0 Å². The monoisotopic (exact) mass is 234 g/mol. The summed E-state index contributed by atoms with van der Waals surface area (Å²) in [6.45, 7) is 0.